The molecular formula is C26H27ClN2O3S. The Kier molecular flexibility index (Phi) is 7.05. The summed E-state index contributed by atoms with van der Waals surface area (Å²) in [4.78, 5) is 13.3. The van der Waals surface area contributed by atoms with Crippen molar-refractivity contribution in [1.29, 1.82) is 0 Å². The fourth-order valence-corrected chi connectivity index (χ4v) is 5.48. The van der Waals surface area contributed by atoms with E-state index < -0.39 is 10.0 Å². The first-order valence-corrected chi connectivity index (χ1v) is 13.0. The Morgan fingerprint density at radius 3 is 2.42 bits per heavy atom. The summed E-state index contributed by atoms with van der Waals surface area (Å²) >= 11 is 6.31. The molecular weight excluding hydrogens is 456 g/mol. The fourth-order valence-electron chi connectivity index (χ4n) is 4.20. The molecule has 4 rings (SSSR count). The molecule has 3 aromatic carbocycles. The number of amides is 1. The van der Waals surface area contributed by atoms with Crippen molar-refractivity contribution in [2.45, 2.75) is 50.0 Å². The summed E-state index contributed by atoms with van der Waals surface area (Å²) in [6.07, 6.45) is 5.33. The molecule has 1 amide bonds. The lowest BCUT2D eigenvalue weighted by atomic mass is 9.88. The molecule has 172 valence electrons. The van der Waals surface area contributed by atoms with Gasteiger partial charge in [0.15, 0.2) is 0 Å². The maximum Gasteiger partial charge on any atom is 0.261 e. The van der Waals surface area contributed by atoms with Crippen LogP contribution in [0, 0.1) is 0 Å². The van der Waals surface area contributed by atoms with Crippen molar-refractivity contribution in [1.82, 2.24) is 5.32 Å². The van der Waals surface area contributed by atoms with Crippen molar-refractivity contribution in [3.05, 3.63) is 94.0 Å². The zero-order chi connectivity index (χ0) is 23.4. The van der Waals surface area contributed by atoms with Gasteiger partial charge in [0.25, 0.3) is 15.9 Å². The second kappa shape index (κ2) is 9.98. The maximum absolute atomic E-state index is 13.1. The van der Waals surface area contributed by atoms with Crippen LogP contribution in [0.15, 0.2) is 71.6 Å². The number of sulfonamides is 1. The summed E-state index contributed by atoms with van der Waals surface area (Å²) in [7, 11) is -3.77. The minimum Gasteiger partial charge on any atom is -0.345 e. The normalized spacial score (nSPS) is 14.2. The van der Waals surface area contributed by atoms with E-state index in [-0.39, 0.29) is 33.1 Å². The SMILES string of the molecule is CCC(NC(=O)c1cc(NS(=O)(=O)c2ccccc2)ccc1Cl)c1ccc2c(c1)CCCC2. The zero-order valence-electron chi connectivity index (χ0n) is 18.5. The lowest BCUT2D eigenvalue weighted by Crippen LogP contribution is -2.28. The predicted octanol–water partition coefficient (Wildman–Crippen LogP) is 5.90. The summed E-state index contributed by atoms with van der Waals surface area (Å²) in [6, 6.07) is 18.9. The molecule has 1 aliphatic rings. The van der Waals surface area contributed by atoms with Gasteiger partial charge in [-0.2, -0.15) is 0 Å². The Bertz CT molecular complexity index is 1260. The number of hydrogen-bond acceptors (Lipinski definition) is 3. The van der Waals surface area contributed by atoms with Crippen LogP contribution < -0.4 is 10.0 Å². The van der Waals surface area contributed by atoms with Gasteiger partial charge in [0.2, 0.25) is 0 Å². The Morgan fingerprint density at radius 1 is 0.970 bits per heavy atom. The molecule has 3 aromatic rings. The number of rotatable bonds is 7. The van der Waals surface area contributed by atoms with E-state index in [1.165, 1.54) is 48.2 Å². The summed E-state index contributed by atoms with van der Waals surface area (Å²) in [5, 5.41) is 3.33. The second-order valence-electron chi connectivity index (χ2n) is 8.28. The molecule has 0 spiro atoms. The van der Waals surface area contributed by atoms with Crippen LogP contribution in [0.3, 0.4) is 0 Å². The lowest BCUT2D eigenvalue weighted by Gasteiger charge is -2.22. The van der Waals surface area contributed by atoms with Gasteiger partial charge in [-0.3, -0.25) is 9.52 Å². The molecule has 0 bridgehead atoms. The van der Waals surface area contributed by atoms with Gasteiger partial charge in [0, 0.05) is 5.69 Å². The van der Waals surface area contributed by atoms with E-state index >= 15 is 0 Å². The Labute approximate surface area is 200 Å². The third kappa shape index (κ3) is 5.40. The molecule has 0 saturated carbocycles. The van der Waals surface area contributed by atoms with Crippen molar-refractivity contribution < 1.29 is 13.2 Å². The molecule has 5 nitrogen and oxygen atoms in total. The number of halogens is 1. The van der Waals surface area contributed by atoms with E-state index in [0.29, 0.717) is 0 Å². The van der Waals surface area contributed by atoms with Gasteiger partial charge in [-0.25, -0.2) is 8.42 Å². The quantitative estimate of drug-likeness (QED) is 0.440. The number of fused-ring (bicyclic) bond motifs is 1. The van der Waals surface area contributed by atoms with Gasteiger partial charge in [0.1, 0.15) is 0 Å². The van der Waals surface area contributed by atoms with Crippen LogP contribution >= 0.6 is 11.6 Å². The average molecular weight is 483 g/mol. The first-order chi connectivity index (χ1) is 15.9. The number of nitrogens with one attached hydrogen (secondary N) is 2. The molecule has 1 unspecified atom stereocenters. The van der Waals surface area contributed by atoms with Crippen molar-refractivity contribution in [2.75, 3.05) is 4.72 Å². The number of anilines is 1. The lowest BCUT2D eigenvalue weighted by molar-refractivity contribution is 0.0935. The van der Waals surface area contributed by atoms with Gasteiger partial charge < -0.3 is 5.32 Å². The predicted molar refractivity (Wildman–Crippen MR) is 132 cm³/mol. The van der Waals surface area contributed by atoms with Crippen LogP contribution in [0.25, 0.3) is 0 Å². The molecule has 7 heteroatoms. The van der Waals surface area contributed by atoms with Crippen LogP contribution in [-0.4, -0.2) is 14.3 Å². The first-order valence-electron chi connectivity index (χ1n) is 11.2. The van der Waals surface area contributed by atoms with Crippen LogP contribution in [0.4, 0.5) is 5.69 Å². The van der Waals surface area contributed by atoms with Crippen molar-refractivity contribution in [3.63, 3.8) is 0 Å². The third-order valence-electron chi connectivity index (χ3n) is 6.01. The largest absolute Gasteiger partial charge is 0.345 e. The summed E-state index contributed by atoms with van der Waals surface area (Å²) < 4.78 is 27.8. The van der Waals surface area contributed by atoms with Crippen LogP contribution in [0.5, 0.6) is 0 Å². The van der Waals surface area contributed by atoms with Gasteiger partial charge in [-0.1, -0.05) is 54.9 Å². The fraction of sp³-hybridized carbons (Fsp3) is 0.269. The number of aryl methyl sites for hydroxylation is 2. The highest BCUT2D eigenvalue weighted by atomic mass is 35.5. The third-order valence-corrected chi connectivity index (χ3v) is 7.73. The Morgan fingerprint density at radius 2 is 1.70 bits per heavy atom. The number of benzene rings is 3. The van der Waals surface area contributed by atoms with Gasteiger partial charge in [-0.15, -0.1) is 0 Å². The molecule has 1 aliphatic carbocycles. The molecule has 0 fully saturated rings. The van der Waals surface area contributed by atoms with Crippen LogP contribution in [-0.2, 0) is 22.9 Å². The van der Waals surface area contributed by atoms with Gasteiger partial charge in [-0.05, 0) is 79.1 Å². The molecule has 2 N–H and O–H groups in total. The average Bonchev–Trinajstić information content (AvgIpc) is 2.83. The molecule has 1 atom stereocenters. The molecule has 33 heavy (non-hydrogen) atoms. The highest BCUT2D eigenvalue weighted by molar-refractivity contribution is 7.92. The van der Waals surface area contributed by atoms with Crippen LogP contribution in [0.2, 0.25) is 5.02 Å². The summed E-state index contributed by atoms with van der Waals surface area (Å²) in [5.74, 6) is -0.342. The molecule has 0 radical (unpaired) electrons. The monoisotopic (exact) mass is 482 g/mol. The Hall–Kier alpha value is -2.83. The molecule has 0 aromatic heterocycles. The standard InChI is InChI=1S/C26H27ClN2O3S/c1-2-25(20-13-12-18-8-6-7-9-19(18)16-20)28-26(30)23-17-21(14-15-24(23)27)29-33(31,32)22-10-4-3-5-11-22/h3-5,10-17,25,29H,2,6-9H2,1H3,(H,28,30). The smallest absolute Gasteiger partial charge is 0.261 e. The van der Waals surface area contributed by atoms with E-state index in [0.717, 1.165) is 24.8 Å². The van der Waals surface area contributed by atoms with Crippen molar-refractivity contribution in [3.8, 4) is 0 Å². The zero-order valence-corrected chi connectivity index (χ0v) is 20.0. The molecule has 0 saturated heterocycles. The second-order valence-corrected chi connectivity index (χ2v) is 10.4. The van der Waals surface area contributed by atoms with Crippen molar-refractivity contribution >= 4 is 33.2 Å². The summed E-state index contributed by atoms with van der Waals surface area (Å²) in [5.41, 5.74) is 4.33. The number of carbonyl (C=O) groups excluding carboxylic acids is 1. The topological polar surface area (TPSA) is 75.3 Å². The van der Waals surface area contributed by atoms with E-state index in [1.807, 2.05) is 6.92 Å². The maximum atomic E-state index is 13.1. The van der Waals surface area contributed by atoms with Crippen LogP contribution in [0.1, 0.15) is 59.3 Å². The van der Waals surface area contributed by atoms with E-state index in [2.05, 4.69) is 28.2 Å². The van der Waals surface area contributed by atoms with Crippen molar-refractivity contribution in [2.24, 2.45) is 0 Å². The van der Waals surface area contributed by atoms with E-state index in [1.54, 1.807) is 24.3 Å². The minimum absolute atomic E-state index is 0.143. The Balaban J connectivity index is 1.54. The van der Waals surface area contributed by atoms with Gasteiger partial charge >= 0.3 is 0 Å². The molecule has 0 aliphatic heterocycles. The highest BCUT2D eigenvalue weighted by Gasteiger charge is 2.20. The van der Waals surface area contributed by atoms with Gasteiger partial charge in [0.05, 0.1) is 21.5 Å². The first kappa shape index (κ1) is 23.3. The summed E-state index contributed by atoms with van der Waals surface area (Å²) in [6.45, 7) is 2.02. The molecule has 0 heterocycles. The highest BCUT2D eigenvalue weighted by Crippen LogP contribution is 2.28. The number of hydrogen-bond donors (Lipinski definition) is 2. The minimum atomic E-state index is -3.77. The number of carbonyl (C=O) groups is 1. The van der Waals surface area contributed by atoms with E-state index in [4.69, 9.17) is 11.6 Å². The van der Waals surface area contributed by atoms with E-state index in [9.17, 15) is 13.2 Å².